The predicted octanol–water partition coefficient (Wildman–Crippen LogP) is 2.47. The van der Waals surface area contributed by atoms with E-state index in [1.54, 1.807) is 6.08 Å². The number of alkyl halides is 3. The van der Waals surface area contributed by atoms with Gasteiger partial charge in [0, 0.05) is 6.08 Å². The van der Waals surface area contributed by atoms with Crippen LogP contribution in [0.15, 0.2) is 36.4 Å². The molecule has 1 unspecified atom stereocenters. The summed E-state index contributed by atoms with van der Waals surface area (Å²) < 4.78 is -1.73. The summed E-state index contributed by atoms with van der Waals surface area (Å²) in [6, 6.07) is 9.34. The maximum absolute atomic E-state index is 11.4. The molecule has 3 N–H and O–H groups in total. The van der Waals surface area contributed by atoms with Gasteiger partial charge in [0.25, 0.3) is 0 Å². The lowest BCUT2D eigenvalue weighted by Gasteiger charge is -2.20. The minimum atomic E-state index is -1.73. The maximum Gasteiger partial charge on any atom is 0.245 e. The molecule has 0 heterocycles. The van der Waals surface area contributed by atoms with Crippen LogP contribution in [0.2, 0.25) is 0 Å². The van der Waals surface area contributed by atoms with Gasteiger partial charge in [-0.15, -0.1) is 0 Å². The van der Waals surface area contributed by atoms with Gasteiger partial charge in [-0.1, -0.05) is 65.1 Å². The zero-order valence-electron chi connectivity index (χ0n) is 8.74. The van der Waals surface area contributed by atoms with Crippen LogP contribution < -0.4 is 11.1 Å². The van der Waals surface area contributed by atoms with Crippen LogP contribution in [0.3, 0.4) is 0 Å². The van der Waals surface area contributed by atoms with Crippen LogP contribution in [-0.2, 0) is 4.79 Å². The Bertz CT molecular complexity index is 401. The first-order chi connectivity index (χ1) is 7.89. The van der Waals surface area contributed by atoms with Crippen molar-refractivity contribution >= 4 is 46.8 Å². The second kappa shape index (κ2) is 6.26. The molecule has 17 heavy (non-hydrogen) atoms. The zero-order chi connectivity index (χ0) is 12.9. The SMILES string of the molecule is NC(NC(=O)C=Cc1ccccc1)C(Cl)(Cl)Cl. The number of nitrogens with two attached hydrogens (primary N) is 1. The fourth-order valence-corrected chi connectivity index (χ4v) is 1.18. The largest absolute Gasteiger partial charge is 0.333 e. The monoisotopic (exact) mass is 292 g/mol. The fourth-order valence-electron chi connectivity index (χ4n) is 1.02. The van der Waals surface area contributed by atoms with Crippen molar-refractivity contribution in [2.24, 2.45) is 5.73 Å². The van der Waals surface area contributed by atoms with Crippen LogP contribution in [0.25, 0.3) is 6.08 Å². The molecule has 0 saturated carbocycles. The van der Waals surface area contributed by atoms with E-state index in [2.05, 4.69) is 5.32 Å². The van der Waals surface area contributed by atoms with Gasteiger partial charge in [0.05, 0.1) is 0 Å². The van der Waals surface area contributed by atoms with Gasteiger partial charge in [0.1, 0.15) is 6.17 Å². The van der Waals surface area contributed by atoms with Gasteiger partial charge in [0.2, 0.25) is 9.70 Å². The van der Waals surface area contributed by atoms with E-state index in [4.69, 9.17) is 40.5 Å². The van der Waals surface area contributed by atoms with Gasteiger partial charge in [-0.25, -0.2) is 0 Å². The Morgan fingerprint density at radius 1 is 1.29 bits per heavy atom. The molecule has 1 aromatic carbocycles. The molecule has 1 aromatic rings. The van der Waals surface area contributed by atoms with Gasteiger partial charge >= 0.3 is 0 Å². The number of amides is 1. The van der Waals surface area contributed by atoms with Crippen LogP contribution >= 0.6 is 34.8 Å². The standard InChI is InChI=1S/C11H11Cl3N2O/c12-11(13,14)10(15)16-9(17)7-6-8-4-2-1-3-5-8/h1-7,10H,15H2,(H,16,17). The molecule has 0 radical (unpaired) electrons. The van der Waals surface area contributed by atoms with E-state index < -0.39 is 15.9 Å². The van der Waals surface area contributed by atoms with E-state index >= 15 is 0 Å². The minimum absolute atomic E-state index is 0.423. The molecule has 0 fully saturated rings. The molecule has 0 aliphatic heterocycles. The molecule has 0 aromatic heterocycles. The number of carbonyl (C=O) groups excluding carboxylic acids is 1. The number of rotatable bonds is 3. The Morgan fingerprint density at radius 2 is 1.88 bits per heavy atom. The summed E-state index contributed by atoms with van der Waals surface area (Å²) in [5, 5.41) is 2.35. The molecule has 3 nitrogen and oxygen atoms in total. The van der Waals surface area contributed by atoms with Crippen LogP contribution in [0.4, 0.5) is 0 Å². The molecular weight excluding hydrogens is 282 g/mol. The molecule has 6 heteroatoms. The number of hydrogen-bond acceptors (Lipinski definition) is 2. The molecule has 0 bridgehead atoms. The molecule has 0 aliphatic rings. The third-order valence-corrected chi connectivity index (χ3v) is 2.58. The highest BCUT2D eigenvalue weighted by molar-refractivity contribution is 6.68. The van der Waals surface area contributed by atoms with Crippen molar-refractivity contribution < 1.29 is 4.79 Å². The topological polar surface area (TPSA) is 55.1 Å². The third-order valence-electron chi connectivity index (χ3n) is 1.88. The van der Waals surface area contributed by atoms with E-state index in [0.717, 1.165) is 5.56 Å². The van der Waals surface area contributed by atoms with Crippen molar-refractivity contribution in [3.63, 3.8) is 0 Å². The highest BCUT2D eigenvalue weighted by atomic mass is 35.6. The minimum Gasteiger partial charge on any atom is -0.333 e. The van der Waals surface area contributed by atoms with E-state index in [1.165, 1.54) is 6.08 Å². The molecular formula is C11H11Cl3N2O. The van der Waals surface area contributed by atoms with Crippen molar-refractivity contribution in [2.75, 3.05) is 0 Å². The summed E-state index contributed by atoms with van der Waals surface area (Å²) >= 11 is 16.5. The molecule has 1 atom stereocenters. The number of benzene rings is 1. The first-order valence-corrected chi connectivity index (χ1v) is 5.89. The molecule has 0 spiro atoms. The van der Waals surface area contributed by atoms with Gasteiger partial charge in [0.15, 0.2) is 0 Å². The lowest BCUT2D eigenvalue weighted by Crippen LogP contribution is -2.49. The lowest BCUT2D eigenvalue weighted by molar-refractivity contribution is -0.117. The molecule has 1 rings (SSSR count). The average molecular weight is 294 g/mol. The van der Waals surface area contributed by atoms with Crippen LogP contribution in [0.5, 0.6) is 0 Å². The second-order valence-corrected chi connectivity index (χ2v) is 5.64. The fraction of sp³-hybridized carbons (Fsp3) is 0.182. The molecule has 0 aliphatic carbocycles. The average Bonchev–Trinajstić information content (AvgIpc) is 2.26. The van der Waals surface area contributed by atoms with E-state index in [-0.39, 0.29) is 0 Å². The molecule has 1 amide bonds. The number of carbonyl (C=O) groups is 1. The predicted molar refractivity (Wildman–Crippen MR) is 71.9 cm³/mol. The van der Waals surface area contributed by atoms with Crippen molar-refractivity contribution in [1.82, 2.24) is 5.32 Å². The van der Waals surface area contributed by atoms with Crippen molar-refractivity contribution in [2.45, 2.75) is 9.96 Å². The normalized spacial score (nSPS) is 13.6. The molecule has 92 valence electrons. The summed E-state index contributed by atoms with van der Waals surface area (Å²) in [7, 11) is 0. The number of nitrogens with one attached hydrogen (secondary N) is 1. The Kier molecular flexibility index (Phi) is 5.28. The maximum atomic E-state index is 11.4. The van der Waals surface area contributed by atoms with Crippen molar-refractivity contribution in [3.8, 4) is 0 Å². The Hall–Kier alpha value is -0.740. The quantitative estimate of drug-likeness (QED) is 0.511. The van der Waals surface area contributed by atoms with Crippen LogP contribution in [-0.4, -0.2) is 15.9 Å². The third kappa shape index (κ3) is 5.41. The van der Waals surface area contributed by atoms with Crippen molar-refractivity contribution in [1.29, 1.82) is 0 Å². The van der Waals surface area contributed by atoms with Gasteiger partial charge in [-0.3, -0.25) is 4.79 Å². The first kappa shape index (κ1) is 14.3. The van der Waals surface area contributed by atoms with E-state index in [9.17, 15) is 4.79 Å². The summed E-state index contributed by atoms with van der Waals surface area (Å²) in [6.07, 6.45) is 1.91. The van der Waals surface area contributed by atoms with Gasteiger partial charge in [-0.05, 0) is 11.6 Å². The van der Waals surface area contributed by atoms with Gasteiger partial charge < -0.3 is 11.1 Å². The highest BCUT2D eigenvalue weighted by Crippen LogP contribution is 2.27. The lowest BCUT2D eigenvalue weighted by atomic mass is 10.2. The van der Waals surface area contributed by atoms with E-state index in [1.807, 2.05) is 30.3 Å². The van der Waals surface area contributed by atoms with Crippen LogP contribution in [0.1, 0.15) is 5.56 Å². The molecule has 0 saturated heterocycles. The van der Waals surface area contributed by atoms with Crippen LogP contribution in [0, 0.1) is 0 Å². The smallest absolute Gasteiger partial charge is 0.245 e. The van der Waals surface area contributed by atoms with E-state index in [0.29, 0.717) is 0 Å². The Labute approximate surface area is 115 Å². The Balaban J connectivity index is 2.54. The summed E-state index contributed by atoms with van der Waals surface area (Å²) in [5.74, 6) is -0.423. The summed E-state index contributed by atoms with van der Waals surface area (Å²) in [5.41, 5.74) is 6.35. The number of halogens is 3. The summed E-state index contributed by atoms with van der Waals surface area (Å²) in [4.78, 5) is 11.4. The number of hydrogen-bond donors (Lipinski definition) is 2. The van der Waals surface area contributed by atoms with Crippen molar-refractivity contribution in [3.05, 3.63) is 42.0 Å². The highest BCUT2D eigenvalue weighted by Gasteiger charge is 2.29. The zero-order valence-corrected chi connectivity index (χ0v) is 11.0. The Morgan fingerprint density at radius 3 is 2.41 bits per heavy atom. The van der Waals surface area contributed by atoms with Gasteiger partial charge in [-0.2, -0.15) is 0 Å². The second-order valence-electron chi connectivity index (χ2n) is 3.27. The summed E-state index contributed by atoms with van der Waals surface area (Å²) in [6.45, 7) is 0. The first-order valence-electron chi connectivity index (χ1n) is 4.75.